The molecule has 0 aromatic heterocycles. The maximum atomic E-state index is 12.1. The fourth-order valence-electron chi connectivity index (χ4n) is 2.24. The number of esters is 1. The summed E-state index contributed by atoms with van der Waals surface area (Å²) in [6.07, 6.45) is 3.49. The van der Waals surface area contributed by atoms with E-state index in [1.165, 1.54) is 0 Å². The van der Waals surface area contributed by atoms with E-state index in [1.807, 2.05) is 0 Å². The lowest BCUT2D eigenvalue weighted by Crippen LogP contribution is -2.53. The first kappa shape index (κ1) is 15.0. The van der Waals surface area contributed by atoms with Crippen molar-refractivity contribution >= 4 is 11.9 Å². The number of hydrogen-bond donors (Lipinski definition) is 2. The maximum Gasteiger partial charge on any atom is 0.331 e. The van der Waals surface area contributed by atoms with Gasteiger partial charge in [-0.05, 0) is 40.0 Å². The minimum atomic E-state index is -0.978. The van der Waals surface area contributed by atoms with Crippen LogP contribution in [0, 0.1) is 5.92 Å². The van der Waals surface area contributed by atoms with Crippen LogP contribution in [0.3, 0.4) is 0 Å². The summed E-state index contributed by atoms with van der Waals surface area (Å²) in [6.45, 7) is 5.37. The molecule has 1 amide bonds. The summed E-state index contributed by atoms with van der Waals surface area (Å²) in [5.41, 5.74) is 4.89. The van der Waals surface area contributed by atoms with Gasteiger partial charge in [-0.1, -0.05) is 6.42 Å². The van der Waals surface area contributed by atoms with E-state index in [0.29, 0.717) is 13.0 Å². The zero-order chi connectivity index (χ0) is 13.8. The van der Waals surface area contributed by atoms with E-state index in [9.17, 15) is 9.59 Å². The lowest BCUT2D eigenvalue weighted by molar-refractivity contribution is -0.152. The molecular weight excluding hydrogens is 232 g/mol. The first-order valence-electron chi connectivity index (χ1n) is 6.61. The summed E-state index contributed by atoms with van der Waals surface area (Å²) in [6, 6.07) is 0.0974. The van der Waals surface area contributed by atoms with Crippen molar-refractivity contribution in [2.24, 2.45) is 11.7 Å². The van der Waals surface area contributed by atoms with Crippen LogP contribution >= 0.6 is 0 Å². The van der Waals surface area contributed by atoms with Crippen molar-refractivity contribution in [2.75, 3.05) is 6.61 Å². The van der Waals surface area contributed by atoms with Gasteiger partial charge in [0.2, 0.25) is 5.91 Å². The second-order valence-electron chi connectivity index (χ2n) is 5.46. The average Bonchev–Trinajstić information content (AvgIpc) is 2.28. The first-order chi connectivity index (χ1) is 8.36. The molecule has 1 saturated carbocycles. The van der Waals surface area contributed by atoms with Gasteiger partial charge in [0.15, 0.2) is 0 Å². The van der Waals surface area contributed by atoms with Crippen LogP contribution in [-0.2, 0) is 14.3 Å². The van der Waals surface area contributed by atoms with E-state index in [1.54, 1.807) is 20.8 Å². The Hall–Kier alpha value is -1.10. The van der Waals surface area contributed by atoms with Gasteiger partial charge >= 0.3 is 5.97 Å². The molecule has 1 aliphatic carbocycles. The van der Waals surface area contributed by atoms with E-state index < -0.39 is 11.5 Å². The normalized spacial score (nSPS) is 24.4. The summed E-state index contributed by atoms with van der Waals surface area (Å²) >= 11 is 0. The quantitative estimate of drug-likeness (QED) is 0.734. The molecule has 1 fully saturated rings. The number of carbonyl (C=O) groups excluding carboxylic acids is 2. The van der Waals surface area contributed by atoms with Gasteiger partial charge in [0.25, 0.3) is 0 Å². The molecule has 1 aliphatic rings. The fourth-order valence-corrected chi connectivity index (χ4v) is 2.24. The van der Waals surface area contributed by atoms with E-state index in [2.05, 4.69) is 5.32 Å². The van der Waals surface area contributed by atoms with Gasteiger partial charge in [-0.2, -0.15) is 0 Å². The highest BCUT2D eigenvalue weighted by atomic mass is 16.5. The van der Waals surface area contributed by atoms with Crippen LogP contribution in [0.1, 0.15) is 46.5 Å². The van der Waals surface area contributed by atoms with Gasteiger partial charge in [-0.25, -0.2) is 4.79 Å². The standard InChI is InChI=1S/C13H24N2O3/c1-4-18-12(17)13(2,3)15-11(16)9-6-5-7-10(14)8-9/h9-10H,4-8,14H2,1-3H3,(H,15,16). The minimum absolute atomic E-state index is 0.0811. The molecule has 0 spiro atoms. The molecule has 0 radical (unpaired) electrons. The molecule has 18 heavy (non-hydrogen) atoms. The van der Waals surface area contributed by atoms with Crippen LogP contribution in [0.25, 0.3) is 0 Å². The predicted octanol–water partition coefficient (Wildman–Crippen LogP) is 0.962. The Morgan fingerprint density at radius 3 is 2.61 bits per heavy atom. The van der Waals surface area contributed by atoms with E-state index in [0.717, 1.165) is 19.3 Å². The smallest absolute Gasteiger partial charge is 0.331 e. The van der Waals surface area contributed by atoms with Crippen LogP contribution in [0.5, 0.6) is 0 Å². The van der Waals surface area contributed by atoms with Gasteiger partial charge in [0.1, 0.15) is 5.54 Å². The van der Waals surface area contributed by atoms with E-state index in [4.69, 9.17) is 10.5 Å². The van der Waals surface area contributed by atoms with Crippen molar-refractivity contribution in [3.05, 3.63) is 0 Å². The molecule has 3 N–H and O–H groups in total. The Bertz CT molecular complexity index is 315. The summed E-state index contributed by atoms with van der Waals surface area (Å²) in [7, 11) is 0. The Balaban J connectivity index is 2.55. The van der Waals surface area contributed by atoms with Gasteiger partial charge in [0.05, 0.1) is 6.61 Å². The molecule has 0 aromatic rings. The summed E-state index contributed by atoms with van der Waals surface area (Å²) in [4.78, 5) is 23.8. The number of rotatable bonds is 4. The number of amides is 1. The summed E-state index contributed by atoms with van der Waals surface area (Å²) in [5, 5.41) is 2.76. The first-order valence-corrected chi connectivity index (χ1v) is 6.61. The second-order valence-corrected chi connectivity index (χ2v) is 5.46. The van der Waals surface area contributed by atoms with Crippen molar-refractivity contribution in [3.8, 4) is 0 Å². The number of ether oxygens (including phenoxy) is 1. The van der Waals surface area contributed by atoms with Crippen LogP contribution in [0.4, 0.5) is 0 Å². The van der Waals surface area contributed by atoms with Gasteiger partial charge in [-0.3, -0.25) is 4.79 Å². The Morgan fingerprint density at radius 1 is 1.39 bits per heavy atom. The van der Waals surface area contributed by atoms with Crippen LogP contribution in [0.2, 0.25) is 0 Å². The Labute approximate surface area is 108 Å². The van der Waals surface area contributed by atoms with Crippen molar-refractivity contribution < 1.29 is 14.3 Å². The molecule has 0 bridgehead atoms. The van der Waals surface area contributed by atoms with E-state index in [-0.39, 0.29) is 17.9 Å². The van der Waals surface area contributed by atoms with Crippen molar-refractivity contribution in [3.63, 3.8) is 0 Å². The largest absolute Gasteiger partial charge is 0.464 e. The van der Waals surface area contributed by atoms with Gasteiger partial charge < -0.3 is 15.8 Å². The van der Waals surface area contributed by atoms with E-state index >= 15 is 0 Å². The highest BCUT2D eigenvalue weighted by molar-refractivity contribution is 5.88. The molecule has 0 saturated heterocycles. The number of nitrogens with one attached hydrogen (secondary N) is 1. The zero-order valence-electron chi connectivity index (χ0n) is 11.5. The molecule has 2 atom stereocenters. The van der Waals surface area contributed by atoms with Crippen molar-refractivity contribution in [1.29, 1.82) is 0 Å². The SMILES string of the molecule is CCOC(=O)C(C)(C)NC(=O)C1CCCC(N)C1. The van der Waals surface area contributed by atoms with Crippen molar-refractivity contribution in [1.82, 2.24) is 5.32 Å². The molecule has 1 rings (SSSR count). The highest BCUT2D eigenvalue weighted by Gasteiger charge is 2.34. The number of hydrogen-bond acceptors (Lipinski definition) is 4. The van der Waals surface area contributed by atoms with Gasteiger partial charge in [-0.15, -0.1) is 0 Å². The summed E-state index contributed by atoms with van der Waals surface area (Å²) < 4.78 is 4.94. The minimum Gasteiger partial charge on any atom is -0.464 e. The second kappa shape index (κ2) is 6.18. The highest BCUT2D eigenvalue weighted by Crippen LogP contribution is 2.24. The number of carbonyl (C=O) groups is 2. The Kier molecular flexibility index (Phi) is 5.14. The van der Waals surface area contributed by atoms with Crippen LogP contribution < -0.4 is 11.1 Å². The van der Waals surface area contributed by atoms with Crippen molar-refractivity contribution in [2.45, 2.75) is 58.0 Å². The molecule has 0 heterocycles. The zero-order valence-corrected chi connectivity index (χ0v) is 11.5. The molecule has 0 aliphatic heterocycles. The molecule has 0 aromatic carbocycles. The van der Waals surface area contributed by atoms with Crippen LogP contribution in [-0.4, -0.2) is 30.1 Å². The topological polar surface area (TPSA) is 81.4 Å². The van der Waals surface area contributed by atoms with Crippen LogP contribution in [0.15, 0.2) is 0 Å². The molecule has 2 unspecified atom stereocenters. The maximum absolute atomic E-state index is 12.1. The lowest BCUT2D eigenvalue weighted by atomic mass is 9.85. The third kappa shape index (κ3) is 3.98. The average molecular weight is 256 g/mol. The summed E-state index contributed by atoms with van der Waals surface area (Å²) in [5.74, 6) is -0.580. The number of nitrogens with two attached hydrogens (primary N) is 1. The molecule has 5 heteroatoms. The molecule has 5 nitrogen and oxygen atoms in total. The molecular formula is C13H24N2O3. The lowest BCUT2D eigenvalue weighted by Gasteiger charge is -2.30. The molecule has 104 valence electrons. The fraction of sp³-hybridized carbons (Fsp3) is 0.846. The predicted molar refractivity (Wildman–Crippen MR) is 68.8 cm³/mol. The van der Waals surface area contributed by atoms with Gasteiger partial charge in [0, 0.05) is 12.0 Å². The third-order valence-corrected chi connectivity index (χ3v) is 3.31. The monoisotopic (exact) mass is 256 g/mol. The Morgan fingerprint density at radius 2 is 2.06 bits per heavy atom. The third-order valence-electron chi connectivity index (χ3n) is 3.31.